The maximum absolute atomic E-state index is 6.50. The lowest BCUT2D eigenvalue weighted by molar-refractivity contribution is 0.311. The smallest absolute Gasteiger partial charge is 0.0583 e. The first-order chi connectivity index (χ1) is 4.93. The van der Waals surface area contributed by atoms with Crippen molar-refractivity contribution in [2.45, 2.75) is 13.3 Å². The normalized spacial score (nSPS) is 7.90. The second-order valence-corrected chi connectivity index (χ2v) is 1.55. The van der Waals surface area contributed by atoms with Crippen LogP contribution in [0.15, 0.2) is 18.6 Å². The molecule has 10 heavy (non-hydrogen) atoms. The van der Waals surface area contributed by atoms with Crippen LogP contribution < -0.4 is 5.90 Å². The van der Waals surface area contributed by atoms with Crippen molar-refractivity contribution in [3.05, 3.63) is 24.3 Å². The van der Waals surface area contributed by atoms with Crippen LogP contribution in [-0.2, 0) is 6.42 Å². The predicted octanol–water partition coefficient (Wildman–Crippen LogP) is 0.373. The number of aromatic nitrogens is 2. The van der Waals surface area contributed by atoms with Crippen LogP contribution in [0.2, 0.25) is 0 Å². The molecular formula is C6H11N3O. The molecule has 0 spiro atoms. The van der Waals surface area contributed by atoms with Gasteiger partial charge in [0.2, 0.25) is 0 Å². The van der Waals surface area contributed by atoms with Crippen LogP contribution in [-0.4, -0.2) is 15.2 Å². The molecule has 0 aromatic carbocycles. The highest BCUT2D eigenvalue weighted by molar-refractivity contribution is 4.92. The minimum atomic E-state index is 0.966. The summed E-state index contributed by atoms with van der Waals surface area (Å²) >= 11 is 0. The van der Waals surface area contributed by atoms with Gasteiger partial charge in [-0.2, -0.15) is 0 Å². The van der Waals surface area contributed by atoms with Gasteiger partial charge in [-0.05, 0) is 6.42 Å². The van der Waals surface area contributed by atoms with Gasteiger partial charge in [-0.3, -0.25) is 9.97 Å². The maximum Gasteiger partial charge on any atom is 0.0583 e. The predicted molar refractivity (Wildman–Crippen MR) is 37.4 cm³/mol. The SMILES string of the molecule is CCc1cnccn1.NO. The van der Waals surface area contributed by atoms with Crippen molar-refractivity contribution in [2.24, 2.45) is 5.90 Å². The Balaban J connectivity index is 0.000000371. The van der Waals surface area contributed by atoms with E-state index in [-0.39, 0.29) is 0 Å². The fourth-order valence-electron chi connectivity index (χ4n) is 0.513. The Labute approximate surface area is 59.7 Å². The summed E-state index contributed by atoms with van der Waals surface area (Å²) in [6, 6.07) is 0. The average Bonchev–Trinajstić information content (AvgIpc) is 2.10. The lowest BCUT2D eigenvalue weighted by atomic mass is 10.4. The van der Waals surface area contributed by atoms with Crippen LogP contribution in [0.25, 0.3) is 0 Å². The largest absolute Gasteiger partial charge is 0.320 e. The minimum absolute atomic E-state index is 0.966. The van der Waals surface area contributed by atoms with Crippen LogP contribution in [0.5, 0.6) is 0 Å². The van der Waals surface area contributed by atoms with E-state index in [0.29, 0.717) is 0 Å². The summed E-state index contributed by atoms with van der Waals surface area (Å²) in [5.74, 6) is 3.50. The van der Waals surface area contributed by atoms with Crippen molar-refractivity contribution in [1.82, 2.24) is 9.97 Å². The summed E-state index contributed by atoms with van der Waals surface area (Å²) in [5, 5.41) is 6.50. The number of rotatable bonds is 1. The van der Waals surface area contributed by atoms with Crippen molar-refractivity contribution in [3.8, 4) is 0 Å². The molecule has 0 saturated carbocycles. The first-order valence-corrected chi connectivity index (χ1v) is 2.94. The van der Waals surface area contributed by atoms with Crippen LogP contribution in [0.3, 0.4) is 0 Å². The molecule has 56 valence electrons. The summed E-state index contributed by atoms with van der Waals surface area (Å²) in [6.45, 7) is 2.06. The zero-order valence-electron chi connectivity index (χ0n) is 5.86. The molecule has 0 amide bonds. The highest BCUT2D eigenvalue weighted by Crippen LogP contribution is 1.87. The molecule has 4 heteroatoms. The number of aryl methyl sites for hydroxylation is 1. The lowest BCUT2D eigenvalue weighted by Crippen LogP contribution is -1.84. The van der Waals surface area contributed by atoms with Crippen molar-refractivity contribution >= 4 is 0 Å². The number of nitrogens with two attached hydrogens (primary N) is 1. The molecule has 0 atom stereocenters. The molecule has 0 saturated heterocycles. The fraction of sp³-hybridized carbons (Fsp3) is 0.333. The minimum Gasteiger partial charge on any atom is -0.320 e. The van der Waals surface area contributed by atoms with E-state index < -0.39 is 0 Å². The van der Waals surface area contributed by atoms with Gasteiger partial charge in [0.25, 0.3) is 0 Å². The highest BCUT2D eigenvalue weighted by atomic mass is 16.4. The number of hydrogen-bond acceptors (Lipinski definition) is 4. The van der Waals surface area contributed by atoms with E-state index in [1.165, 1.54) is 0 Å². The molecule has 0 unspecified atom stereocenters. The summed E-state index contributed by atoms with van der Waals surface area (Å²) < 4.78 is 0. The Hall–Kier alpha value is -1.00. The molecule has 0 fully saturated rings. The van der Waals surface area contributed by atoms with Crippen LogP contribution in [0.4, 0.5) is 0 Å². The molecule has 0 radical (unpaired) electrons. The van der Waals surface area contributed by atoms with Gasteiger partial charge < -0.3 is 5.21 Å². The third kappa shape index (κ3) is 3.11. The van der Waals surface area contributed by atoms with Gasteiger partial charge in [0.1, 0.15) is 0 Å². The summed E-state index contributed by atoms with van der Waals surface area (Å²) in [7, 11) is 0. The first kappa shape index (κ1) is 9.00. The summed E-state index contributed by atoms with van der Waals surface area (Å²) in [4.78, 5) is 7.93. The van der Waals surface area contributed by atoms with E-state index in [4.69, 9.17) is 5.21 Å². The zero-order chi connectivity index (χ0) is 7.82. The van der Waals surface area contributed by atoms with Crippen molar-refractivity contribution in [2.75, 3.05) is 0 Å². The molecule has 0 bridgehead atoms. The molecule has 1 rings (SSSR count). The first-order valence-electron chi connectivity index (χ1n) is 2.94. The quantitative estimate of drug-likeness (QED) is 0.554. The monoisotopic (exact) mass is 141 g/mol. The molecule has 1 heterocycles. The van der Waals surface area contributed by atoms with E-state index in [2.05, 4.69) is 22.8 Å². The highest BCUT2D eigenvalue weighted by Gasteiger charge is 1.82. The van der Waals surface area contributed by atoms with Gasteiger partial charge in [0, 0.05) is 18.6 Å². The Morgan fingerprint density at radius 2 is 2.20 bits per heavy atom. The average molecular weight is 141 g/mol. The van der Waals surface area contributed by atoms with Crippen molar-refractivity contribution in [1.29, 1.82) is 0 Å². The second kappa shape index (κ2) is 6.12. The molecule has 1 aromatic heterocycles. The summed E-state index contributed by atoms with van der Waals surface area (Å²) in [5.41, 5.74) is 1.05. The van der Waals surface area contributed by atoms with E-state index in [1.807, 2.05) is 0 Å². The van der Waals surface area contributed by atoms with Gasteiger partial charge in [-0.25, -0.2) is 5.90 Å². The van der Waals surface area contributed by atoms with Gasteiger partial charge in [0.05, 0.1) is 5.69 Å². The lowest BCUT2D eigenvalue weighted by Gasteiger charge is -1.88. The molecule has 1 aromatic rings. The Bertz CT molecular complexity index is 154. The van der Waals surface area contributed by atoms with Crippen LogP contribution in [0, 0.1) is 0 Å². The van der Waals surface area contributed by atoms with E-state index in [1.54, 1.807) is 18.6 Å². The van der Waals surface area contributed by atoms with E-state index >= 15 is 0 Å². The molecular weight excluding hydrogens is 130 g/mol. The zero-order valence-corrected chi connectivity index (χ0v) is 5.86. The third-order valence-corrected chi connectivity index (χ3v) is 0.979. The topological polar surface area (TPSA) is 72.0 Å². The summed E-state index contributed by atoms with van der Waals surface area (Å²) in [6.07, 6.45) is 6.13. The van der Waals surface area contributed by atoms with Crippen molar-refractivity contribution in [3.63, 3.8) is 0 Å². The van der Waals surface area contributed by atoms with Gasteiger partial charge in [-0.1, -0.05) is 6.92 Å². The van der Waals surface area contributed by atoms with Gasteiger partial charge in [0.15, 0.2) is 0 Å². The maximum atomic E-state index is 6.50. The van der Waals surface area contributed by atoms with Gasteiger partial charge in [-0.15, -0.1) is 0 Å². The standard InChI is InChI=1S/C6H8N2.H3NO/c1-2-6-5-7-3-4-8-6;1-2/h3-5H,2H2,1H3;2H,1H2. The van der Waals surface area contributed by atoms with Crippen LogP contribution >= 0.6 is 0 Å². The van der Waals surface area contributed by atoms with E-state index in [0.717, 1.165) is 12.1 Å². The molecule has 0 aliphatic rings. The molecule has 3 N–H and O–H groups in total. The van der Waals surface area contributed by atoms with Crippen molar-refractivity contribution < 1.29 is 5.21 Å². The Morgan fingerprint density at radius 1 is 1.50 bits per heavy atom. The third-order valence-electron chi connectivity index (χ3n) is 0.979. The Morgan fingerprint density at radius 3 is 2.50 bits per heavy atom. The number of hydrogen-bond donors (Lipinski definition) is 2. The Kier molecular flexibility index (Phi) is 5.51. The molecule has 0 aliphatic carbocycles. The number of nitrogens with zero attached hydrogens (tertiary/aromatic N) is 2. The fourth-order valence-corrected chi connectivity index (χ4v) is 0.513. The van der Waals surface area contributed by atoms with Crippen LogP contribution in [0.1, 0.15) is 12.6 Å². The molecule has 0 aliphatic heterocycles. The van der Waals surface area contributed by atoms with E-state index in [9.17, 15) is 0 Å². The molecule has 4 nitrogen and oxygen atoms in total. The van der Waals surface area contributed by atoms with Gasteiger partial charge >= 0.3 is 0 Å². The second-order valence-electron chi connectivity index (χ2n) is 1.55.